The molecule has 0 heterocycles. The quantitative estimate of drug-likeness (QED) is 0.710. The van der Waals surface area contributed by atoms with Crippen LogP contribution < -0.4 is 4.90 Å². The summed E-state index contributed by atoms with van der Waals surface area (Å²) in [4.78, 5) is 2.11. The number of benzene rings is 2. The molecule has 2 aromatic carbocycles. The molecule has 1 nitrogen and oxygen atoms in total. The van der Waals surface area contributed by atoms with Crippen molar-refractivity contribution in [2.45, 2.75) is 12.4 Å². The average molecular weight is 343 g/mol. The molecule has 0 saturated heterocycles. The Balaban J connectivity index is 2.19. The van der Waals surface area contributed by atoms with Gasteiger partial charge in [0.05, 0.1) is 0 Å². The molecule has 0 aromatic heterocycles. The Morgan fingerprint density at radius 2 is 1.84 bits per heavy atom. The van der Waals surface area contributed by atoms with E-state index in [1.807, 2.05) is 25.2 Å². The first-order valence-electron chi connectivity index (χ1n) is 5.90. The van der Waals surface area contributed by atoms with Gasteiger partial charge in [0.1, 0.15) is 5.82 Å². The van der Waals surface area contributed by atoms with Crippen LogP contribution in [0.25, 0.3) is 0 Å². The van der Waals surface area contributed by atoms with Crippen molar-refractivity contribution >= 4 is 33.2 Å². The molecule has 0 amide bonds. The molecular formula is C15H14BrClFN. The lowest BCUT2D eigenvalue weighted by Crippen LogP contribution is -2.17. The summed E-state index contributed by atoms with van der Waals surface area (Å²) in [6.45, 7) is 0.714. The molecule has 0 atom stereocenters. The minimum Gasteiger partial charge on any atom is -0.370 e. The highest BCUT2D eigenvalue weighted by Crippen LogP contribution is 2.26. The molecule has 4 heteroatoms. The molecular weight excluding hydrogens is 329 g/mol. The average Bonchev–Trinajstić information content (AvgIpc) is 2.41. The van der Waals surface area contributed by atoms with Crippen LogP contribution in [0.15, 0.2) is 46.9 Å². The van der Waals surface area contributed by atoms with Gasteiger partial charge in [0.2, 0.25) is 0 Å². The topological polar surface area (TPSA) is 3.24 Å². The molecule has 0 radical (unpaired) electrons. The predicted octanol–water partition coefficient (Wildman–Crippen LogP) is 4.96. The number of hydrogen-bond donors (Lipinski definition) is 0. The van der Waals surface area contributed by atoms with E-state index in [4.69, 9.17) is 11.6 Å². The van der Waals surface area contributed by atoms with Crippen LogP contribution in [0.4, 0.5) is 10.1 Å². The fraction of sp³-hybridized carbons (Fsp3) is 0.200. The van der Waals surface area contributed by atoms with Gasteiger partial charge in [-0.25, -0.2) is 4.39 Å². The molecule has 2 aromatic rings. The summed E-state index contributed by atoms with van der Waals surface area (Å²) in [6, 6.07) is 12.6. The van der Waals surface area contributed by atoms with Crippen molar-refractivity contribution in [2.24, 2.45) is 0 Å². The van der Waals surface area contributed by atoms with Gasteiger partial charge in [0.15, 0.2) is 0 Å². The third-order valence-electron chi connectivity index (χ3n) is 2.93. The van der Waals surface area contributed by atoms with E-state index in [2.05, 4.69) is 20.8 Å². The molecule has 0 spiro atoms. The summed E-state index contributed by atoms with van der Waals surface area (Å²) in [5, 5.41) is 0. The standard InChI is InChI=1S/C15H14BrClFN/c1-19(10-11-2-5-14(18)6-3-11)15-7-4-13(16)8-12(15)9-17/h2-8H,9-10H2,1H3. The minimum atomic E-state index is -0.212. The Hall–Kier alpha value is -1.06. The zero-order valence-corrected chi connectivity index (χ0v) is 12.9. The monoisotopic (exact) mass is 341 g/mol. The van der Waals surface area contributed by atoms with E-state index in [0.29, 0.717) is 12.4 Å². The van der Waals surface area contributed by atoms with Crippen LogP contribution in [0.1, 0.15) is 11.1 Å². The number of anilines is 1. The van der Waals surface area contributed by atoms with Crippen molar-refractivity contribution in [3.8, 4) is 0 Å². The molecule has 0 unspecified atom stereocenters. The van der Waals surface area contributed by atoms with E-state index in [1.165, 1.54) is 12.1 Å². The smallest absolute Gasteiger partial charge is 0.123 e. The molecule has 0 aliphatic carbocycles. The molecule has 0 aliphatic rings. The third kappa shape index (κ3) is 3.71. The summed E-state index contributed by atoms with van der Waals surface area (Å²) in [6.07, 6.45) is 0. The zero-order chi connectivity index (χ0) is 13.8. The van der Waals surface area contributed by atoms with Crippen LogP contribution in [-0.4, -0.2) is 7.05 Å². The number of hydrogen-bond acceptors (Lipinski definition) is 1. The Labute approximate surface area is 126 Å². The van der Waals surface area contributed by atoms with Gasteiger partial charge in [-0.05, 0) is 41.5 Å². The lowest BCUT2D eigenvalue weighted by molar-refractivity contribution is 0.627. The first-order chi connectivity index (χ1) is 9.10. The second-order valence-corrected chi connectivity index (χ2v) is 5.57. The molecule has 0 bridgehead atoms. The van der Waals surface area contributed by atoms with E-state index in [1.54, 1.807) is 12.1 Å². The van der Waals surface area contributed by atoms with Gasteiger partial charge in [-0.15, -0.1) is 11.6 Å². The highest BCUT2D eigenvalue weighted by atomic mass is 79.9. The van der Waals surface area contributed by atoms with Crippen molar-refractivity contribution < 1.29 is 4.39 Å². The summed E-state index contributed by atoms with van der Waals surface area (Å²) >= 11 is 9.42. The van der Waals surface area contributed by atoms with E-state index in [0.717, 1.165) is 21.3 Å². The fourth-order valence-electron chi connectivity index (χ4n) is 1.98. The summed E-state index contributed by atoms with van der Waals surface area (Å²) in [7, 11) is 2.00. The van der Waals surface area contributed by atoms with Crippen LogP contribution in [0, 0.1) is 5.82 Å². The van der Waals surface area contributed by atoms with Crippen molar-refractivity contribution in [2.75, 3.05) is 11.9 Å². The van der Waals surface area contributed by atoms with Crippen LogP contribution in [-0.2, 0) is 12.4 Å². The largest absolute Gasteiger partial charge is 0.370 e. The molecule has 19 heavy (non-hydrogen) atoms. The van der Waals surface area contributed by atoms with Crippen molar-refractivity contribution in [3.05, 3.63) is 63.9 Å². The van der Waals surface area contributed by atoms with Crippen LogP contribution >= 0.6 is 27.5 Å². The van der Waals surface area contributed by atoms with Gasteiger partial charge in [0.25, 0.3) is 0 Å². The zero-order valence-electron chi connectivity index (χ0n) is 10.5. The molecule has 0 N–H and O–H groups in total. The highest BCUT2D eigenvalue weighted by molar-refractivity contribution is 9.10. The van der Waals surface area contributed by atoms with Gasteiger partial charge >= 0.3 is 0 Å². The molecule has 0 aliphatic heterocycles. The second kappa shape index (κ2) is 6.40. The van der Waals surface area contributed by atoms with E-state index < -0.39 is 0 Å². The lowest BCUT2D eigenvalue weighted by atomic mass is 10.1. The maximum absolute atomic E-state index is 12.9. The normalized spacial score (nSPS) is 10.5. The van der Waals surface area contributed by atoms with Gasteiger partial charge < -0.3 is 4.90 Å². The maximum atomic E-state index is 12.9. The molecule has 100 valence electrons. The third-order valence-corrected chi connectivity index (χ3v) is 3.71. The van der Waals surface area contributed by atoms with Crippen molar-refractivity contribution in [1.29, 1.82) is 0 Å². The summed E-state index contributed by atoms with van der Waals surface area (Å²) in [5.74, 6) is 0.249. The maximum Gasteiger partial charge on any atom is 0.123 e. The Bertz CT molecular complexity index is 557. The second-order valence-electron chi connectivity index (χ2n) is 4.39. The van der Waals surface area contributed by atoms with E-state index in [9.17, 15) is 4.39 Å². The Morgan fingerprint density at radius 3 is 2.47 bits per heavy atom. The van der Waals surface area contributed by atoms with Crippen molar-refractivity contribution in [3.63, 3.8) is 0 Å². The molecule has 0 saturated carbocycles. The van der Waals surface area contributed by atoms with Gasteiger partial charge in [0, 0.05) is 29.6 Å². The first kappa shape index (κ1) is 14.4. The van der Waals surface area contributed by atoms with Crippen molar-refractivity contribution in [1.82, 2.24) is 0 Å². The van der Waals surface area contributed by atoms with Crippen LogP contribution in [0.3, 0.4) is 0 Å². The Kier molecular flexibility index (Phi) is 4.83. The SMILES string of the molecule is CN(Cc1ccc(F)cc1)c1ccc(Br)cc1CCl. The first-order valence-corrected chi connectivity index (χ1v) is 7.23. The van der Waals surface area contributed by atoms with Crippen LogP contribution in [0.5, 0.6) is 0 Å². The highest BCUT2D eigenvalue weighted by Gasteiger charge is 2.08. The Morgan fingerprint density at radius 1 is 1.16 bits per heavy atom. The fourth-order valence-corrected chi connectivity index (χ4v) is 2.60. The predicted molar refractivity (Wildman–Crippen MR) is 82.2 cm³/mol. The van der Waals surface area contributed by atoms with E-state index in [-0.39, 0.29) is 5.82 Å². The van der Waals surface area contributed by atoms with Gasteiger partial charge in [-0.3, -0.25) is 0 Å². The summed E-state index contributed by atoms with van der Waals surface area (Å²) in [5.41, 5.74) is 3.22. The van der Waals surface area contributed by atoms with Gasteiger partial charge in [-0.1, -0.05) is 28.1 Å². The van der Waals surface area contributed by atoms with Gasteiger partial charge in [-0.2, -0.15) is 0 Å². The van der Waals surface area contributed by atoms with Crippen LogP contribution in [0.2, 0.25) is 0 Å². The van der Waals surface area contributed by atoms with E-state index >= 15 is 0 Å². The summed E-state index contributed by atoms with van der Waals surface area (Å²) < 4.78 is 13.9. The number of rotatable bonds is 4. The molecule has 0 fully saturated rings. The number of nitrogens with zero attached hydrogens (tertiary/aromatic N) is 1. The number of halogens is 3. The minimum absolute atomic E-state index is 0.212. The lowest BCUT2D eigenvalue weighted by Gasteiger charge is -2.22. The number of alkyl halides is 1. The molecule has 2 rings (SSSR count).